The van der Waals surface area contributed by atoms with Gasteiger partial charge in [-0.15, -0.1) is 0 Å². The van der Waals surface area contributed by atoms with Gasteiger partial charge in [-0.05, 0) is 48.7 Å². The molecule has 0 aliphatic carbocycles. The lowest BCUT2D eigenvalue weighted by molar-refractivity contribution is 0.962. The molecule has 2 aromatic carbocycles. The van der Waals surface area contributed by atoms with E-state index in [1.54, 1.807) is 0 Å². The number of nitrogens with zero attached hydrogens (tertiary/aromatic N) is 2. The molecule has 3 aromatic rings. The Morgan fingerprint density at radius 3 is 2.41 bits per heavy atom. The molecule has 0 spiro atoms. The molecule has 3 rings (SSSR count). The maximum atomic E-state index is 4.69. The number of hydrogen-bond donors (Lipinski definition) is 1. The second-order valence-corrected chi connectivity index (χ2v) is 5.48. The Hall–Kier alpha value is -2.42. The Morgan fingerprint density at radius 1 is 0.955 bits per heavy atom. The van der Waals surface area contributed by atoms with Gasteiger partial charge < -0.3 is 5.32 Å². The first-order valence-corrected chi connectivity index (χ1v) is 7.83. The van der Waals surface area contributed by atoms with E-state index in [4.69, 9.17) is 4.98 Å². The Bertz CT molecular complexity index is 795. The third-order valence-electron chi connectivity index (χ3n) is 3.93. The predicted molar refractivity (Wildman–Crippen MR) is 92.8 cm³/mol. The molecular weight excluding hydrogens is 270 g/mol. The quantitative estimate of drug-likeness (QED) is 0.749. The van der Waals surface area contributed by atoms with Crippen molar-refractivity contribution in [3.05, 3.63) is 59.4 Å². The van der Waals surface area contributed by atoms with Gasteiger partial charge in [-0.25, -0.2) is 9.97 Å². The van der Waals surface area contributed by atoms with E-state index in [-0.39, 0.29) is 0 Å². The number of nitrogens with one attached hydrogen (secondary N) is 1. The standard InChI is InChI=1S/C19H21N3/c1-4-14-12-17-16(11-13(14)3)19(22-18(5-2)21-17)20-15-9-7-6-8-10-15/h6-12H,4-5H2,1-3H3,(H,20,21,22). The van der Waals surface area contributed by atoms with Crippen LogP contribution in [0.3, 0.4) is 0 Å². The first-order chi connectivity index (χ1) is 10.7. The number of aromatic nitrogens is 2. The predicted octanol–water partition coefficient (Wildman–Crippen LogP) is 4.81. The van der Waals surface area contributed by atoms with Crippen LogP contribution in [0, 0.1) is 6.92 Å². The van der Waals surface area contributed by atoms with E-state index in [9.17, 15) is 0 Å². The molecule has 3 heteroatoms. The van der Waals surface area contributed by atoms with Crippen molar-refractivity contribution in [1.29, 1.82) is 0 Å². The summed E-state index contributed by atoms with van der Waals surface area (Å²) in [5, 5.41) is 4.51. The van der Waals surface area contributed by atoms with E-state index in [1.807, 2.05) is 30.3 Å². The second kappa shape index (κ2) is 6.14. The lowest BCUT2D eigenvalue weighted by atomic mass is 10.0. The fourth-order valence-electron chi connectivity index (χ4n) is 2.67. The van der Waals surface area contributed by atoms with Crippen LogP contribution >= 0.6 is 0 Å². The zero-order valence-electron chi connectivity index (χ0n) is 13.4. The third kappa shape index (κ3) is 2.80. The van der Waals surface area contributed by atoms with Crippen molar-refractivity contribution in [3.8, 4) is 0 Å². The number of anilines is 2. The third-order valence-corrected chi connectivity index (χ3v) is 3.93. The highest BCUT2D eigenvalue weighted by Gasteiger charge is 2.10. The fraction of sp³-hybridized carbons (Fsp3) is 0.263. The van der Waals surface area contributed by atoms with E-state index in [0.29, 0.717) is 0 Å². The molecule has 3 nitrogen and oxygen atoms in total. The highest BCUT2D eigenvalue weighted by molar-refractivity contribution is 5.92. The fourth-order valence-corrected chi connectivity index (χ4v) is 2.67. The molecule has 0 aliphatic heterocycles. The van der Waals surface area contributed by atoms with Gasteiger partial charge in [0.15, 0.2) is 0 Å². The van der Waals surface area contributed by atoms with Gasteiger partial charge in [0.2, 0.25) is 0 Å². The summed E-state index contributed by atoms with van der Waals surface area (Å²) in [6.45, 7) is 6.42. The second-order valence-electron chi connectivity index (χ2n) is 5.48. The molecular formula is C19H21N3. The van der Waals surface area contributed by atoms with Crippen molar-refractivity contribution < 1.29 is 0 Å². The molecule has 0 saturated heterocycles. The number of rotatable bonds is 4. The van der Waals surface area contributed by atoms with Gasteiger partial charge >= 0.3 is 0 Å². The molecule has 0 saturated carbocycles. The average Bonchev–Trinajstić information content (AvgIpc) is 2.55. The molecule has 0 fully saturated rings. The van der Waals surface area contributed by atoms with Crippen molar-refractivity contribution >= 4 is 22.4 Å². The number of hydrogen-bond acceptors (Lipinski definition) is 3. The zero-order chi connectivity index (χ0) is 15.5. The van der Waals surface area contributed by atoms with Crippen LogP contribution in [0.2, 0.25) is 0 Å². The molecule has 0 amide bonds. The summed E-state index contributed by atoms with van der Waals surface area (Å²) < 4.78 is 0. The minimum absolute atomic E-state index is 0.828. The van der Waals surface area contributed by atoms with Crippen molar-refractivity contribution in [1.82, 2.24) is 9.97 Å². The number of benzene rings is 2. The van der Waals surface area contributed by atoms with Gasteiger partial charge in [-0.1, -0.05) is 32.0 Å². The SMILES string of the molecule is CCc1nc(Nc2ccccc2)c2cc(C)c(CC)cc2n1. The van der Waals surface area contributed by atoms with Crippen LogP contribution in [0.25, 0.3) is 10.9 Å². The highest BCUT2D eigenvalue weighted by atomic mass is 15.0. The Balaban J connectivity index is 2.16. The smallest absolute Gasteiger partial charge is 0.142 e. The van der Waals surface area contributed by atoms with Crippen LogP contribution in [0.5, 0.6) is 0 Å². The number of para-hydroxylation sites is 1. The van der Waals surface area contributed by atoms with Gasteiger partial charge in [0.25, 0.3) is 0 Å². The summed E-state index contributed by atoms with van der Waals surface area (Å²) in [5.41, 5.74) is 4.70. The lowest BCUT2D eigenvalue weighted by Gasteiger charge is -2.13. The van der Waals surface area contributed by atoms with Gasteiger partial charge in [0.1, 0.15) is 11.6 Å². The van der Waals surface area contributed by atoms with Crippen molar-refractivity contribution in [2.45, 2.75) is 33.6 Å². The minimum Gasteiger partial charge on any atom is -0.340 e. The van der Waals surface area contributed by atoms with Crippen LogP contribution < -0.4 is 5.32 Å². The summed E-state index contributed by atoms with van der Waals surface area (Å²) in [5.74, 6) is 1.76. The molecule has 1 N–H and O–H groups in total. The topological polar surface area (TPSA) is 37.8 Å². The summed E-state index contributed by atoms with van der Waals surface area (Å²) >= 11 is 0. The molecule has 112 valence electrons. The summed E-state index contributed by atoms with van der Waals surface area (Å²) in [7, 11) is 0. The highest BCUT2D eigenvalue weighted by Crippen LogP contribution is 2.27. The first kappa shape index (κ1) is 14.5. The molecule has 0 atom stereocenters. The van der Waals surface area contributed by atoms with Gasteiger partial charge in [-0.3, -0.25) is 0 Å². The zero-order valence-corrected chi connectivity index (χ0v) is 13.4. The van der Waals surface area contributed by atoms with Crippen molar-refractivity contribution in [3.63, 3.8) is 0 Å². The summed E-state index contributed by atoms with van der Waals surface area (Å²) in [6, 6.07) is 14.5. The molecule has 22 heavy (non-hydrogen) atoms. The minimum atomic E-state index is 0.828. The molecule has 0 radical (unpaired) electrons. The normalized spacial score (nSPS) is 10.9. The van der Waals surface area contributed by atoms with Crippen LogP contribution in [0.1, 0.15) is 30.8 Å². The molecule has 1 aromatic heterocycles. The van der Waals surface area contributed by atoms with Gasteiger partial charge in [0.05, 0.1) is 5.52 Å². The maximum Gasteiger partial charge on any atom is 0.142 e. The molecule has 0 aliphatic rings. The van der Waals surface area contributed by atoms with Crippen LogP contribution in [0.15, 0.2) is 42.5 Å². The van der Waals surface area contributed by atoms with E-state index >= 15 is 0 Å². The van der Waals surface area contributed by atoms with Gasteiger partial charge in [-0.2, -0.15) is 0 Å². The summed E-state index contributed by atoms with van der Waals surface area (Å²) in [4.78, 5) is 9.38. The van der Waals surface area contributed by atoms with Crippen LogP contribution in [-0.2, 0) is 12.8 Å². The monoisotopic (exact) mass is 291 g/mol. The maximum absolute atomic E-state index is 4.69. The Labute approximate surface area is 131 Å². The summed E-state index contributed by atoms with van der Waals surface area (Å²) in [6.07, 6.45) is 1.85. The molecule has 1 heterocycles. The van der Waals surface area contributed by atoms with Crippen LogP contribution in [0.4, 0.5) is 11.5 Å². The number of fused-ring (bicyclic) bond motifs is 1. The van der Waals surface area contributed by atoms with Crippen molar-refractivity contribution in [2.24, 2.45) is 0 Å². The van der Waals surface area contributed by atoms with E-state index in [2.05, 4.69) is 43.2 Å². The Kier molecular flexibility index (Phi) is 4.05. The molecule has 0 unspecified atom stereocenters. The molecule has 0 bridgehead atoms. The first-order valence-electron chi connectivity index (χ1n) is 7.83. The van der Waals surface area contributed by atoms with Gasteiger partial charge in [0, 0.05) is 17.5 Å². The van der Waals surface area contributed by atoms with E-state index < -0.39 is 0 Å². The number of aryl methyl sites for hydroxylation is 3. The average molecular weight is 291 g/mol. The van der Waals surface area contributed by atoms with E-state index in [0.717, 1.165) is 41.1 Å². The Morgan fingerprint density at radius 2 is 1.73 bits per heavy atom. The van der Waals surface area contributed by atoms with Crippen LogP contribution in [-0.4, -0.2) is 9.97 Å². The van der Waals surface area contributed by atoms with E-state index in [1.165, 1.54) is 11.1 Å². The largest absolute Gasteiger partial charge is 0.340 e. The van der Waals surface area contributed by atoms with Crippen molar-refractivity contribution in [2.75, 3.05) is 5.32 Å². The lowest BCUT2D eigenvalue weighted by Crippen LogP contribution is -2.02.